The van der Waals surface area contributed by atoms with Crippen LogP contribution in [0.25, 0.3) is 0 Å². The van der Waals surface area contributed by atoms with E-state index in [2.05, 4.69) is 11.9 Å². The van der Waals surface area contributed by atoms with Crippen LogP contribution in [0.4, 0.5) is 5.69 Å². The van der Waals surface area contributed by atoms with E-state index in [1.807, 2.05) is 12.1 Å². The average molecular weight is 255 g/mol. The molecule has 0 saturated heterocycles. The molecule has 0 bridgehead atoms. The number of amides is 1. The van der Waals surface area contributed by atoms with Gasteiger partial charge in [-0.2, -0.15) is 0 Å². The van der Waals surface area contributed by atoms with Crippen molar-refractivity contribution in [3.63, 3.8) is 0 Å². The second-order valence-corrected chi connectivity index (χ2v) is 3.96. The third-order valence-corrected chi connectivity index (χ3v) is 2.12. The molecule has 0 saturated carbocycles. The molecule has 1 aromatic rings. The van der Waals surface area contributed by atoms with Crippen molar-refractivity contribution in [2.45, 2.75) is 6.42 Å². The maximum atomic E-state index is 11.3. The van der Waals surface area contributed by atoms with Crippen LogP contribution in [0.5, 0.6) is 5.75 Å². The molecule has 0 fully saturated rings. The Balaban J connectivity index is 2.26. The first-order valence-electron chi connectivity index (χ1n) is 5.17. The summed E-state index contributed by atoms with van der Waals surface area (Å²) in [6, 6.07) is 7.14. The van der Waals surface area contributed by atoms with Crippen molar-refractivity contribution in [2.75, 3.05) is 18.9 Å². The van der Waals surface area contributed by atoms with Gasteiger partial charge in [0.2, 0.25) is 5.91 Å². The Morgan fingerprint density at radius 1 is 1.47 bits per heavy atom. The van der Waals surface area contributed by atoms with E-state index in [0.717, 1.165) is 0 Å². The molecule has 0 heterocycles. The molecule has 5 heteroatoms. The number of ether oxygens (including phenoxy) is 1. The third kappa shape index (κ3) is 5.26. The van der Waals surface area contributed by atoms with E-state index < -0.39 is 0 Å². The smallest absolute Gasteiger partial charge is 0.223 e. The second-order valence-electron chi connectivity index (χ2n) is 3.43. The predicted molar refractivity (Wildman–Crippen MR) is 69.0 cm³/mol. The molecule has 0 radical (unpaired) electrons. The molecule has 1 rings (SSSR count). The number of benzene rings is 1. The molecule has 0 unspecified atom stereocenters. The van der Waals surface area contributed by atoms with Crippen LogP contribution in [0.3, 0.4) is 0 Å². The lowest BCUT2D eigenvalue weighted by Crippen LogP contribution is -2.25. The summed E-state index contributed by atoms with van der Waals surface area (Å²) in [5.74, 6) is 0.448. The number of hydrogen-bond acceptors (Lipinski definition) is 3. The molecule has 1 amide bonds. The highest BCUT2D eigenvalue weighted by molar-refractivity contribution is 6.29. The second kappa shape index (κ2) is 6.81. The molecule has 0 spiro atoms. The normalized spacial score (nSPS) is 9.71. The Morgan fingerprint density at radius 2 is 2.18 bits per heavy atom. The van der Waals surface area contributed by atoms with Gasteiger partial charge in [0.1, 0.15) is 5.75 Å². The number of nitrogens with one attached hydrogen (secondary N) is 1. The molecule has 1 aromatic carbocycles. The van der Waals surface area contributed by atoms with Gasteiger partial charge in [0.25, 0.3) is 0 Å². The summed E-state index contributed by atoms with van der Waals surface area (Å²) in [5.41, 5.74) is 6.24. The Morgan fingerprint density at radius 3 is 2.82 bits per heavy atom. The first-order chi connectivity index (χ1) is 8.09. The lowest BCUT2D eigenvalue weighted by atomic mass is 10.3. The number of carbonyl (C=O) groups excluding carboxylic acids is 1. The van der Waals surface area contributed by atoms with Crippen LogP contribution in [0, 0.1) is 0 Å². The van der Waals surface area contributed by atoms with Crippen LogP contribution in [0.15, 0.2) is 35.9 Å². The fourth-order valence-electron chi connectivity index (χ4n) is 1.15. The summed E-state index contributed by atoms with van der Waals surface area (Å²) in [6.45, 7) is 4.01. The van der Waals surface area contributed by atoms with E-state index in [1.165, 1.54) is 0 Å². The Labute approximate surface area is 105 Å². The highest BCUT2D eigenvalue weighted by atomic mass is 35.5. The quantitative estimate of drug-likeness (QED) is 0.762. The van der Waals surface area contributed by atoms with Crippen molar-refractivity contribution in [1.82, 2.24) is 5.32 Å². The predicted octanol–water partition coefficient (Wildman–Crippen LogP) is 1.91. The maximum Gasteiger partial charge on any atom is 0.223 e. The van der Waals surface area contributed by atoms with Gasteiger partial charge in [-0.25, -0.2) is 0 Å². The lowest BCUT2D eigenvalue weighted by molar-refractivity contribution is -0.121. The van der Waals surface area contributed by atoms with Crippen molar-refractivity contribution in [1.29, 1.82) is 0 Å². The molecule has 92 valence electrons. The van der Waals surface area contributed by atoms with Crippen LogP contribution in [0.2, 0.25) is 0 Å². The molecule has 4 nitrogen and oxygen atoms in total. The van der Waals surface area contributed by atoms with Gasteiger partial charge in [-0.05, 0) is 12.1 Å². The molecule has 0 aromatic heterocycles. The van der Waals surface area contributed by atoms with Gasteiger partial charge in [0.15, 0.2) is 0 Å². The minimum absolute atomic E-state index is 0.138. The van der Waals surface area contributed by atoms with E-state index in [4.69, 9.17) is 22.1 Å². The summed E-state index contributed by atoms with van der Waals surface area (Å²) in [6.07, 6.45) is 0.249. The van der Waals surface area contributed by atoms with Gasteiger partial charge in [-0.15, -0.1) is 0 Å². The topological polar surface area (TPSA) is 64.3 Å². The number of halogens is 1. The molecule has 0 aliphatic carbocycles. The summed E-state index contributed by atoms with van der Waals surface area (Å²) < 4.78 is 5.37. The molecule has 0 aliphatic rings. The van der Waals surface area contributed by atoms with Gasteiger partial charge in [0.05, 0.1) is 25.3 Å². The highest BCUT2D eigenvalue weighted by Crippen LogP contribution is 2.19. The summed E-state index contributed by atoms with van der Waals surface area (Å²) >= 11 is 5.52. The number of hydrogen-bond donors (Lipinski definition) is 2. The fourth-order valence-corrected chi connectivity index (χ4v) is 1.22. The molecule has 0 aliphatic heterocycles. The van der Waals surface area contributed by atoms with Gasteiger partial charge in [-0.1, -0.05) is 30.3 Å². The van der Waals surface area contributed by atoms with Crippen molar-refractivity contribution in [2.24, 2.45) is 0 Å². The fraction of sp³-hybridized carbons (Fsp3) is 0.250. The summed E-state index contributed by atoms with van der Waals surface area (Å²) in [7, 11) is 0. The van der Waals surface area contributed by atoms with Crippen LogP contribution >= 0.6 is 11.6 Å². The van der Waals surface area contributed by atoms with E-state index in [9.17, 15) is 4.79 Å². The average Bonchev–Trinajstić information content (AvgIpc) is 2.29. The zero-order valence-corrected chi connectivity index (χ0v) is 10.2. The zero-order valence-electron chi connectivity index (χ0n) is 9.41. The first-order valence-corrected chi connectivity index (χ1v) is 5.54. The highest BCUT2D eigenvalue weighted by Gasteiger charge is 2.03. The number of para-hydroxylation sites is 2. The van der Waals surface area contributed by atoms with E-state index in [-0.39, 0.29) is 25.5 Å². The van der Waals surface area contributed by atoms with Crippen molar-refractivity contribution < 1.29 is 9.53 Å². The largest absolute Gasteiger partial charge is 0.491 e. The lowest BCUT2D eigenvalue weighted by Gasteiger charge is -2.08. The van der Waals surface area contributed by atoms with Crippen molar-refractivity contribution >= 4 is 23.2 Å². The molecule has 0 atom stereocenters. The van der Waals surface area contributed by atoms with E-state index in [1.54, 1.807) is 12.1 Å². The summed E-state index contributed by atoms with van der Waals surface area (Å²) in [5, 5.41) is 3.00. The number of anilines is 1. The Hall–Kier alpha value is -1.68. The van der Waals surface area contributed by atoms with Crippen LogP contribution < -0.4 is 15.8 Å². The van der Waals surface area contributed by atoms with Crippen molar-refractivity contribution in [3.05, 3.63) is 35.9 Å². The van der Waals surface area contributed by atoms with E-state index >= 15 is 0 Å². The SMILES string of the molecule is C=C(Cl)CNC(=O)CCOc1ccccc1N. The minimum Gasteiger partial charge on any atom is -0.491 e. The number of nitrogen functional groups attached to an aromatic ring is 1. The number of rotatable bonds is 6. The van der Waals surface area contributed by atoms with Gasteiger partial charge in [0, 0.05) is 5.03 Å². The van der Waals surface area contributed by atoms with Crippen LogP contribution in [-0.2, 0) is 4.79 Å². The number of carbonyl (C=O) groups is 1. The molecular weight excluding hydrogens is 240 g/mol. The van der Waals surface area contributed by atoms with Crippen molar-refractivity contribution in [3.8, 4) is 5.75 Å². The minimum atomic E-state index is -0.138. The number of nitrogens with two attached hydrogens (primary N) is 1. The molecule has 3 N–H and O–H groups in total. The first kappa shape index (κ1) is 13.4. The molecule has 17 heavy (non-hydrogen) atoms. The monoisotopic (exact) mass is 254 g/mol. The zero-order chi connectivity index (χ0) is 12.7. The molecular formula is C12H15ClN2O2. The van der Waals surface area contributed by atoms with Gasteiger partial charge >= 0.3 is 0 Å². The summed E-state index contributed by atoms with van der Waals surface area (Å²) in [4.78, 5) is 11.3. The van der Waals surface area contributed by atoms with Crippen LogP contribution in [-0.4, -0.2) is 19.1 Å². The van der Waals surface area contributed by atoms with Crippen LogP contribution in [0.1, 0.15) is 6.42 Å². The Kier molecular flexibility index (Phi) is 5.36. The maximum absolute atomic E-state index is 11.3. The van der Waals surface area contributed by atoms with Gasteiger partial charge < -0.3 is 15.8 Å². The van der Waals surface area contributed by atoms with Gasteiger partial charge in [-0.3, -0.25) is 4.79 Å². The Bertz CT molecular complexity index is 407. The van der Waals surface area contributed by atoms with E-state index in [0.29, 0.717) is 16.5 Å². The third-order valence-electron chi connectivity index (χ3n) is 1.98. The standard InChI is InChI=1S/C12H15ClN2O2/c1-9(13)8-15-12(16)6-7-17-11-5-3-2-4-10(11)14/h2-5H,1,6-8,14H2,(H,15,16).